The predicted molar refractivity (Wildman–Crippen MR) is 114 cm³/mol. The summed E-state index contributed by atoms with van der Waals surface area (Å²) in [5, 5.41) is 13.1. The molecule has 0 fully saturated rings. The molecular formula is C23H19N3O4. The number of para-hydroxylation sites is 1. The number of carboxylic acids is 1. The molecule has 0 radical (unpaired) electrons. The number of carboxylic acid groups (broad SMARTS) is 1. The summed E-state index contributed by atoms with van der Waals surface area (Å²) in [6.45, 7) is 3.78. The van der Waals surface area contributed by atoms with Gasteiger partial charge in [-0.1, -0.05) is 18.2 Å². The molecular weight excluding hydrogens is 382 g/mol. The minimum atomic E-state index is -1.02. The first-order chi connectivity index (χ1) is 14.4. The zero-order valence-corrected chi connectivity index (χ0v) is 16.4. The van der Waals surface area contributed by atoms with Crippen LogP contribution in [0.1, 0.15) is 34.5 Å². The van der Waals surface area contributed by atoms with E-state index in [2.05, 4.69) is 15.3 Å². The molecule has 1 unspecified atom stereocenters. The summed E-state index contributed by atoms with van der Waals surface area (Å²) >= 11 is 0. The molecule has 0 saturated heterocycles. The van der Waals surface area contributed by atoms with Crippen LogP contribution in [0.5, 0.6) is 0 Å². The van der Waals surface area contributed by atoms with Crippen LogP contribution in [0, 0.1) is 6.92 Å². The van der Waals surface area contributed by atoms with Gasteiger partial charge in [0.1, 0.15) is 5.58 Å². The molecule has 0 saturated carbocycles. The lowest BCUT2D eigenvalue weighted by molar-refractivity contribution is 0.0698. The molecule has 0 aliphatic heterocycles. The third kappa shape index (κ3) is 3.65. The summed E-state index contributed by atoms with van der Waals surface area (Å²) in [6.07, 6.45) is 3.16. The van der Waals surface area contributed by atoms with Gasteiger partial charge >= 0.3 is 5.97 Å². The fraction of sp³-hybridized carbons (Fsp3) is 0.130. The highest BCUT2D eigenvalue weighted by Crippen LogP contribution is 2.30. The van der Waals surface area contributed by atoms with E-state index in [0.717, 1.165) is 11.1 Å². The third-order valence-electron chi connectivity index (χ3n) is 4.78. The molecule has 2 aromatic heterocycles. The van der Waals surface area contributed by atoms with Crippen molar-refractivity contribution in [1.82, 2.24) is 9.97 Å². The van der Waals surface area contributed by atoms with Crippen molar-refractivity contribution in [2.45, 2.75) is 19.9 Å². The second-order valence-electron chi connectivity index (χ2n) is 6.99. The lowest BCUT2D eigenvalue weighted by atomic mass is 10.0. The number of aryl methyl sites for hydroxylation is 1. The molecule has 150 valence electrons. The van der Waals surface area contributed by atoms with E-state index < -0.39 is 5.97 Å². The minimum Gasteiger partial charge on any atom is -0.478 e. The Labute approximate surface area is 172 Å². The van der Waals surface area contributed by atoms with Crippen LogP contribution in [0.15, 0.2) is 70.1 Å². The van der Waals surface area contributed by atoms with E-state index in [1.54, 1.807) is 42.7 Å². The van der Waals surface area contributed by atoms with Crippen LogP contribution in [0.3, 0.4) is 0 Å². The van der Waals surface area contributed by atoms with E-state index in [0.29, 0.717) is 22.5 Å². The lowest BCUT2D eigenvalue weighted by Gasteiger charge is -2.19. The number of aromatic carboxylic acids is 1. The van der Waals surface area contributed by atoms with Crippen LogP contribution < -0.4 is 10.7 Å². The van der Waals surface area contributed by atoms with Gasteiger partial charge < -0.3 is 14.8 Å². The summed E-state index contributed by atoms with van der Waals surface area (Å²) < 4.78 is 6.07. The molecule has 4 rings (SSSR count). The van der Waals surface area contributed by atoms with Crippen molar-refractivity contribution in [3.05, 3.63) is 87.8 Å². The minimum absolute atomic E-state index is 0.168. The van der Waals surface area contributed by atoms with Gasteiger partial charge in [-0.25, -0.2) is 14.8 Å². The average Bonchev–Trinajstić information content (AvgIpc) is 2.74. The topological polar surface area (TPSA) is 105 Å². The number of nitrogens with zero attached hydrogens (tertiary/aromatic N) is 2. The van der Waals surface area contributed by atoms with Gasteiger partial charge in [0.15, 0.2) is 17.0 Å². The molecule has 30 heavy (non-hydrogen) atoms. The zero-order chi connectivity index (χ0) is 21.3. The van der Waals surface area contributed by atoms with Gasteiger partial charge in [-0.3, -0.25) is 4.79 Å². The smallest absolute Gasteiger partial charge is 0.337 e. The number of fused-ring (bicyclic) bond motifs is 1. The second-order valence-corrected chi connectivity index (χ2v) is 6.99. The van der Waals surface area contributed by atoms with E-state index in [1.165, 1.54) is 12.1 Å². The lowest BCUT2D eigenvalue weighted by Crippen LogP contribution is -2.12. The van der Waals surface area contributed by atoms with E-state index in [4.69, 9.17) is 4.42 Å². The zero-order valence-electron chi connectivity index (χ0n) is 16.4. The molecule has 0 bridgehead atoms. The van der Waals surface area contributed by atoms with Crippen LogP contribution in [-0.4, -0.2) is 21.0 Å². The highest BCUT2D eigenvalue weighted by atomic mass is 16.4. The van der Waals surface area contributed by atoms with Crippen molar-refractivity contribution in [3.63, 3.8) is 0 Å². The largest absolute Gasteiger partial charge is 0.478 e. The average molecular weight is 401 g/mol. The molecule has 2 aromatic carbocycles. The first-order valence-electron chi connectivity index (χ1n) is 9.38. The highest BCUT2D eigenvalue weighted by molar-refractivity contribution is 5.94. The van der Waals surface area contributed by atoms with Crippen LogP contribution in [-0.2, 0) is 0 Å². The Bertz CT molecular complexity index is 1300. The number of anilines is 1. The Morgan fingerprint density at radius 3 is 2.57 bits per heavy atom. The summed E-state index contributed by atoms with van der Waals surface area (Å²) in [6, 6.07) is 13.1. The molecule has 0 aliphatic rings. The van der Waals surface area contributed by atoms with Crippen LogP contribution in [0.4, 0.5) is 5.69 Å². The maximum absolute atomic E-state index is 12.8. The fourth-order valence-corrected chi connectivity index (χ4v) is 3.40. The summed E-state index contributed by atoms with van der Waals surface area (Å²) in [7, 11) is 0. The van der Waals surface area contributed by atoms with Gasteiger partial charge in [0.25, 0.3) is 0 Å². The monoisotopic (exact) mass is 401 g/mol. The summed E-state index contributed by atoms with van der Waals surface area (Å²) in [5.74, 6) is -0.425. The Kier molecular flexibility index (Phi) is 5.02. The molecule has 2 heterocycles. The molecule has 0 amide bonds. The number of nitrogens with one attached hydrogen (secondary N) is 1. The van der Waals surface area contributed by atoms with Gasteiger partial charge in [-0.2, -0.15) is 0 Å². The van der Waals surface area contributed by atoms with E-state index in [-0.39, 0.29) is 22.8 Å². The standard InChI is InChI=1S/C23H19N3O4/c1-13-10-16(14(2)26-18-7-4-3-6-15(18)23(28)29)21-17(11-13)19(27)12-20(30-21)22-24-8-5-9-25-22/h3-12,14,26H,1-2H3,(H,28,29). The third-order valence-corrected chi connectivity index (χ3v) is 4.78. The quantitative estimate of drug-likeness (QED) is 0.510. The SMILES string of the molecule is Cc1cc(C(C)Nc2ccccc2C(=O)O)c2oc(-c3ncccn3)cc(=O)c2c1. The first kappa shape index (κ1) is 19.3. The summed E-state index contributed by atoms with van der Waals surface area (Å²) in [4.78, 5) is 32.7. The normalized spacial score (nSPS) is 11.9. The van der Waals surface area contributed by atoms with Gasteiger partial charge in [0.2, 0.25) is 0 Å². The Morgan fingerprint density at radius 1 is 1.10 bits per heavy atom. The molecule has 4 aromatic rings. The van der Waals surface area contributed by atoms with Gasteiger partial charge in [-0.05, 0) is 43.7 Å². The highest BCUT2D eigenvalue weighted by Gasteiger charge is 2.18. The van der Waals surface area contributed by atoms with Gasteiger partial charge in [0.05, 0.1) is 17.0 Å². The van der Waals surface area contributed by atoms with Crippen molar-refractivity contribution < 1.29 is 14.3 Å². The number of hydrogen-bond donors (Lipinski definition) is 2. The number of rotatable bonds is 5. The Balaban J connectivity index is 1.85. The molecule has 2 N–H and O–H groups in total. The van der Waals surface area contributed by atoms with Crippen LogP contribution >= 0.6 is 0 Å². The van der Waals surface area contributed by atoms with Gasteiger partial charge in [0, 0.05) is 29.7 Å². The number of aromatic nitrogens is 2. The molecule has 0 aliphatic carbocycles. The fourth-order valence-electron chi connectivity index (χ4n) is 3.40. The van der Waals surface area contributed by atoms with Crippen molar-refractivity contribution in [2.24, 2.45) is 0 Å². The number of carbonyl (C=O) groups is 1. The number of benzene rings is 2. The second kappa shape index (κ2) is 7.79. The van der Waals surface area contributed by atoms with Gasteiger partial charge in [-0.15, -0.1) is 0 Å². The number of hydrogen-bond acceptors (Lipinski definition) is 6. The molecule has 1 atom stereocenters. The summed E-state index contributed by atoms with van der Waals surface area (Å²) in [5.41, 5.74) is 2.51. The Morgan fingerprint density at radius 2 is 1.83 bits per heavy atom. The van der Waals surface area contributed by atoms with Crippen molar-refractivity contribution in [2.75, 3.05) is 5.32 Å². The molecule has 0 spiro atoms. The van der Waals surface area contributed by atoms with E-state index >= 15 is 0 Å². The van der Waals surface area contributed by atoms with Crippen molar-refractivity contribution >= 4 is 22.6 Å². The Hall–Kier alpha value is -4.00. The maximum atomic E-state index is 12.8. The maximum Gasteiger partial charge on any atom is 0.337 e. The predicted octanol–water partition coefficient (Wildman–Crippen LogP) is 4.43. The van der Waals surface area contributed by atoms with Crippen molar-refractivity contribution in [1.29, 1.82) is 0 Å². The van der Waals surface area contributed by atoms with E-state index in [1.807, 2.05) is 19.9 Å². The van der Waals surface area contributed by atoms with Crippen LogP contribution in [0.25, 0.3) is 22.6 Å². The van der Waals surface area contributed by atoms with Crippen LogP contribution in [0.2, 0.25) is 0 Å². The van der Waals surface area contributed by atoms with E-state index in [9.17, 15) is 14.7 Å². The molecule has 7 nitrogen and oxygen atoms in total. The first-order valence-corrected chi connectivity index (χ1v) is 9.38. The molecule has 7 heteroatoms. The van der Waals surface area contributed by atoms with Crippen molar-refractivity contribution in [3.8, 4) is 11.6 Å².